The molecule has 0 amide bonds. The van der Waals surface area contributed by atoms with Crippen LogP contribution in [0.2, 0.25) is 0 Å². The Kier molecular flexibility index (Phi) is 5.68. The number of nitrogens with one attached hydrogen (secondary N) is 2. The van der Waals surface area contributed by atoms with Crippen LogP contribution >= 0.6 is 0 Å². The molecule has 0 spiro atoms. The first-order valence-corrected chi connectivity index (χ1v) is 8.73. The third-order valence-electron chi connectivity index (χ3n) is 4.11. The summed E-state index contributed by atoms with van der Waals surface area (Å²) in [6.07, 6.45) is 3.66. The Hall–Kier alpha value is -3.09. The zero-order valence-corrected chi connectivity index (χ0v) is 15.5. The normalized spacial score (nSPS) is 11.6. The third kappa shape index (κ3) is 4.30. The fourth-order valence-electron chi connectivity index (χ4n) is 2.69. The summed E-state index contributed by atoms with van der Waals surface area (Å²) < 4.78 is 1.84. The van der Waals surface area contributed by atoms with Gasteiger partial charge in [-0.1, -0.05) is 30.3 Å². The smallest absolute Gasteiger partial charge is 0.194 e. The molecular formula is C19H25N7. The second kappa shape index (κ2) is 8.33. The number of nitrogens with zero attached hydrogens (tertiary/aromatic N) is 5. The molecule has 0 bridgehead atoms. The summed E-state index contributed by atoms with van der Waals surface area (Å²) in [6.45, 7) is 4.09. The number of benzene rings is 1. The van der Waals surface area contributed by atoms with Crippen molar-refractivity contribution in [3.8, 4) is 11.3 Å². The second-order valence-corrected chi connectivity index (χ2v) is 6.08. The Bertz CT molecular complexity index is 848. The summed E-state index contributed by atoms with van der Waals surface area (Å²) in [5, 5.41) is 7.51. The number of guanidine groups is 1. The van der Waals surface area contributed by atoms with E-state index in [1.54, 1.807) is 6.20 Å². The highest BCUT2D eigenvalue weighted by molar-refractivity contribution is 5.79. The first kappa shape index (κ1) is 17.7. The molecule has 0 saturated heterocycles. The first-order valence-electron chi connectivity index (χ1n) is 8.73. The molecule has 0 aliphatic carbocycles. The molecule has 2 aromatic heterocycles. The first-order chi connectivity index (χ1) is 12.7. The maximum absolute atomic E-state index is 4.71. The van der Waals surface area contributed by atoms with E-state index < -0.39 is 0 Å². The monoisotopic (exact) mass is 351 g/mol. The zero-order chi connectivity index (χ0) is 18.4. The van der Waals surface area contributed by atoms with Gasteiger partial charge in [-0.15, -0.1) is 0 Å². The zero-order valence-electron chi connectivity index (χ0n) is 15.5. The van der Waals surface area contributed by atoms with Crippen LogP contribution in [0, 0.1) is 0 Å². The van der Waals surface area contributed by atoms with Crippen LogP contribution in [0.15, 0.2) is 53.8 Å². The van der Waals surface area contributed by atoms with Crippen LogP contribution in [-0.4, -0.2) is 44.2 Å². The molecule has 0 atom stereocenters. The van der Waals surface area contributed by atoms with E-state index in [9.17, 15) is 0 Å². The van der Waals surface area contributed by atoms with Gasteiger partial charge in [0.1, 0.15) is 5.82 Å². The number of imidazole rings is 1. The summed E-state index contributed by atoms with van der Waals surface area (Å²) in [5.41, 5.74) is 3.22. The molecule has 0 saturated carbocycles. The van der Waals surface area contributed by atoms with Crippen molar-refractivity contribution in [2.24, 2.45) is 12.0 Å². The van der Waals surface area contributed by atoms with E-state index >= 15 is 0 Å². The highest BCUT2D eigenvalue weighted by Gasteiger charge is 2.10. The van der Waals surface area contributed by atoms with Crippen LogP contribution in [-0.2, 0) is 20.1 Å². The van der Waals surface area contributed by atoms with E-state index in [-0.39, 0.29) is 0 Å². The predicted molar refractivity (Wildman–Crippen MR) is 104 cm³/mol. The molecule has 0 aliphatic heterocycles. The van der Waals surface area contributed by atoms with E-state index in [4.69, 9.17) is 4.99 Å². The molecule has 0 radical (unpaired) electrons. The van der Waals surface area contributed by atoms with Crippen LogP contribution in [0.4, 0.5) is 0 Å². The molecule has 3 rings (SSSR count). The largest absolute Gasteiger partial charge is 0.357 e. The lowest BCUT2D eigenvalue weighted by atomic mass is 10.2. The number of hydrogen-bond acceptors (Lipinski definition) is 3. The SMILES string of the molecule is CCNC(=NCc1ccnn1C)N(C)Cc1ncc(-c2ccccc2)[nH]1. The van der Waals surface area contributed by atoms with Crippen molar-refractivity contribution in [2.45, 2.75) is 20.0 Å². The van der Waals surface area contributed by atoms with E-state index in [2.05, 4.69) is 44.3 Å². The highest BCUT2D eigenvalue weighted by atomic mass is 15.3. The molecule has 136 valence electrons. The molecule has 1 aromatic carbocycles. The van der Waals surface area contributed by atoms with Gasteiger partial charge >= 0.3 is 0 Å². The van der Waals surface area contributed by atoms with Gasteiger partial charge in [-0.2, -0.15) is 5.10 Å². The standard InChI is InChI=1S/C19H25N7/c1-4-20-19(22-12-16-10-11-23-26(16)3)25(2)14-18-21-13-17(24-18)15-8-6-5-7-9-15/h5-11,13H,4,12,14H2,1-3H3,(H,20,22)(H,21,24). The van der Waals surface area contributed by atoms with Gasteiger partial charge in [0.15, 0.2) is 5.96 Å². The van der Waals surface area contributed by atoms with Gasteiger partial charge in [-0.25, -0.2) is 9.98 Å². The minimum Gasteiger partial charge on any atom is -0.357 e. The van der Waals surface area contributed by atoms with Gasteiger partial charge in [0.05, 0.1) is 30.7 Å². The maximum atomic E-state index is 4.71. The summed E-state index contributed by atoms with van der Waals surface area (Å²) in [4.78, 5) is 14.7. The number of aromatic nitrogens is 4. The maximum Gasteiger partial charge on any atom is 0.194 e. The number of aliphatic imine (C=N–C) groups is 1. The average Bonchev–Trinajstić information content (AvgIpc) is 3.28. The topological polar surface area (TPSA) is 74.1 Å². The van der Waals surface area contributed by atoms with Gasteiger partial charge in [-0.05, 0) is 18.6 Å². The summed E-state index contributed by atoms with van der Waals surface area (Å²) in [7, 11) is 3.94. The number of rotatable bonds is 6. The van der Waals surface area contributed by atoms with Crippen molar-refractivity contribution in [1.82, 2.24) is 30.0 Å². The molecule has 26 heavy (non-hydrogen) atoms. The van der Waals surface area contributed by atoms with Crippen LogP contribution < -0.4 is 5.32 Å². The van der Waals surface area contributed by atoms with Crippen molar-refractivity contribution in [3.05, 3.63) is 60.3 Å². The fraction of sp³-hybridized carbons (Fsp3) is 0.316. The lowest BCUT2D eigenvalue weighted by Crippen LogP contribution is -2.38. The number of aryl methyl sites for hydroxylation is 1. The van der Waals surface area contributed by atoms with Crippen LogP contribution in [0.3, 0.4) is 0 Å². The average molecular weight is 351 g/mol. The van der Waals surface area contributed by atoms with E-state index in [1.165, 1.54) is 0 Å². The Labute approximate surface area is 153 Å². The Morgan fingerprint density at radius 2 is 2.08 bits per heavy atom. The minimum atomic E-state index is 0.580. The molecule has 2 N–H and O–H groups in total. The summed E-state index contributed by atoms with van der Waals surface area (Å²) in [6, 6.07) is 12.2. The van der Waals surface area contributed by atoms with Gasteiger partial charge in [0.25, 0.3) is 0 Å². The third-order valence-corrected chi connectivity index (χ3v) is 4.11. The van der Waals surface area contributed by atoms with Crippen molar-refractivity contribution in [2.75, 3.05) is 13.6 Å². The van der Waals surface area contributed by atoms with Crippen molar-refractivity contribution in [3.63, 3.8) is 0 Å². The van der Waals surface area contributed by atoms with E-state index in [0.29, 0.717) is 13.1 Å². The molecule has 0 unspecified atom stereocenters. The van der Waals surface area contributed by atoms with E-state index in [1.807, 2.05) is 49.2 Å². The molecule has 7 nitrogen and oxygen atoms in total. The van der Waals surface area contributed by atoms with Crippen molar-refractivity contribution >= 4 is 5.96 Å². The van der Waals surface area contributed by atoms with Gasteiger partial charge in [-0.3, -0.25) is 4.68 Å². The minimum absolute atomic E-state index is 0.580. The number of aromatic amines is 1. The Balaban J connectivity index is 1.69. The molecule has 0 aliphatic rings. The number of H-pyrrole nitrogens is 1. The second-order valence-electron chi connectivity index (χ2n) is 6.08. The lowest BCUT2D eigenvalue weighted by molar-refractivity contribution is 0.463. The lowest BCUT2D eigenvalue weighted by Gasteiger charge is -2.21. The Morgan fingerprint density at radius 3 is 2.77 bits per heavy atom. The van der Waals surface area contributed by atoms with Crippen LogP contribution in [0.5, 0.6) is 0 Å². The quantitative estimate of drug-likeness (QED) is 0.528. The molecule has 0 fully saturated rings. The van der Waals surface area contributed by atoms with Crippen molar-refractivity contribution in [1.29, 1.82) is 0 Å². The van der Waals surface area contributed by atoms with Gasteiger partial charge < -0.3 is 15.2 Å². The summed E-state index contributed by atoms with van der Waals surface area (Å²) >= 11 is 0. The molecule has 7 heteroatoms. The number of hydrogen-bond donors (Lipinski definition) is 2. The highest BCUT2D eigenvalue weighted by Crippen LogP contribution is 2.16. The molecule has 2 heterocycles. The molecule has 3 aromatic rings. The van der Waals surface area contributed by atoms with Gasteiger partial charge in [0.2, 0.25) is 0 Å². The van der Waals surface area contributed by atoms with Crippen molar-refractivity contribution < 1.29 is 0 Å². The molecular weight excluding hydrogens is 326 g/mol. The fourth-order valence-corrected chi connectivity index (χ4v) is 2.69. The van der Waals surface area contributed by atoms with Gasteiger partial charge in [0, 0.05) is 26.8 Å². The Morgan fingerprint density at radius 1 is 1.27 bits per heavy atom. The summed E-state index contributed by atoms with van der Waals surface area (Å²) in [5.74, 6) is 1.74. The van der Waals surface area contributed by atoms with E-state index in [0.717, 1.165) is 35.3 Å². The van der Waals surface area contributed by atoms with Crippen LogP contribution in [0.1, 0.15) is 18.4 Å². The van der Waals surface area contributed by atoms with Crippen LogP contribution in [0.25, 0.3) is 11.3 Å². The predicted octanol–water partition coefficient (Wildman–Crippen LogP) is 2.41.